The van der Waals surface area contributed by atoms with E-state index in [9.17, 15) is 12.3 Å². The van der Waals surface area contributed by atoms with Crippen molar-refractivity contribution in [2.75, 3.05) is 7.11 Å². The summed E-state index contributed by atoms with van der Waals surface area (Å²) in [5.41, 5.74) is 1.53. The summed E-state index contributed by atoms with van der Waals surface area (Å²) < 4.78 is 40.6. The fourth-order valence-corrected chi connectivity index (χ4v) is 2.36. The van der Waals surface area contributed by atoms with Crippen LogP contribution in [0.2, 0.25) is 0 Å². The summed E-state index contributed by atoms with van der Waals surface area (Å²) in [6.45, 7) is 1.64. The highest BCUT2D eigenvalue weighted by atomic mass is 32.3. The molecule has 5 nitrogen and oxygen atoms in total. The van der Waals surface area contributed by atoms with Crippen molar-refractivity contribution in [3.8, 4) is 11.4 Å². The molecular formula is C12H13FN2O3S. The monoisotopic (exact) mass is 284 g/mol. The van der Waals surface area contributed by atoms with Crippen LogP contribution in [0.3, 0.4) is 0 Å². The molecule has 102 valence electrons. The van der Waals surface area contributed by atoms with E-state index in [1.54, 1.807) is 38.3 Å². The van der Waals surface area contributed by atoms with Crippen molar-refractivity contribution < 1.29 is 17.0 Å². The number of aromatic nitrogens is 2. The summed E-state index contributed by atoms with van der Waals surface area (Å²) in [6, 6.07) is 7.12. The normalized spacial score (nSPS) is 11.5. The Morgan fingerprint density at radius 1 is 1.42 bits per heavy atom. The third-order valence-corrected chi connectivity index (χ3v) is 3.30. The standard InChI is InChI=1S/C12H13FN2O3S/c1-9-10(8-19(13,16)17)7-15(14-9)11-4-3-5-12(6-11)18-2/h3-7H,8H2,1-2H3. The zero-order chi connectivity index (χ0) is 14.0. The molecule has 0 saturated carbocycles. The van der Waals surface area contributed by atoms with Gasteiger partial charge in [0, 0.05) is 17.8 Å². The van der Waals surface area contributed by atoms with Gasteiger partial charge in [0.15, 0.2) is 0 Å². The van der Waals surface area contributed by atoms with Gasteiger partial charge in [0.05, 0.1) is 18.5 Å². The van der Waals surface area contributed by atoms with Crippen molar-refractivity contribution in [2.45, 2.75) is 12.7 Å². The average Bonchev–Trinajstić information content (AvgIpc) is 2.69. The minimum absolute atomic E-state index is 0.338. The van der Waals surface area contributed by atoms with Crippen LogP contribution in [0.15, 0.2) is 30.5 Å². The van der Waals surface area contributed by atoms with Crippen molar-refractivity contribution in [3.05, 3.63) is 41.7 Å². The summed E-state index contributed by atoms with van der Waals surface area (Å²) in [5.74, 6) is -0.00619. The molecule has 2 aromatic rings. The molecule has 1 heterocycles. The Labute approximate surface area is 110 Å². The first-order valence-corrected chi connectivity index (χ1v) is 7.06. The third-order valence-electron chi connectivity index (χ3n) is 2.65. The van der Waals surface area contributed by atoms with Gasteiger partial charge in [-0.15, -0.1) is 3.89 Å². The van der Waals surface area contributed by atoms with Crippen LogP contribution < -0.4 is 4.74 Å². The van der Waals surface area contributed by atoms with Gasteiger partial charge in [0.25, 0.3) is 0 Å². The van der Waals surface area contributed by atoms with Gasteiger partial charge in [-0.05, 0) is 19.1 Å². The van der Waals surface area contributed by atoms with E-state index in [2.05, 4.69) is 5.10 Å². The predicted molar refractivity (Wildman–Crippen MR) is 68.6 cm³/mol. The van der Waals surface area contributed by atoms with E-state index >= 15 is 0 Å². The van der Waals surface area contributed by atoms with Crippen LogP contribution in [-0.4, -0.2) is 25.3 Å². The molecule has 0 N–H and O–H groups in total. The lowest BCUT2D eigenvalue weighted by Gasteiger charge is -2.03. The Morgan fingerprint density at radius 3 is 2.79 bits per heavy atom. The number of rotatable bonds is 4. The molecule has 1 aromatic carbocycles. The summed E-state index contributed by atoms with van der Waals surface area (Å²) in [4.78, 5) is 0. The molecule has 0 aliphatic heterocycles. The fourth-order valence-electron chi connectivity index (χ4n) is 1.71. The van der Waals surface area contributed by atoms with Gasteiger partial charge in [-0.1, -0.05) is 6.07 Å². The van der Waals surface area contributed by atoms with E-state index in [0.29, 0.717) is 22.7 Å². The maximum Gasteiger partial charge on any atom is 0.306 e. The number of nitrogens with zero attached hydrogens (tertiary/aromatic N) is 2. The molecule has 0 spiro atoms. The molecule has 19 heavy (non-hydrogen) atoms. The molecule has 0 aliphatic carbocycles. The molecule has 0 fully saturated rings. The zero-order valence-corrected chi connectivity index (χ0v) is 11.3. The topological polar surface area (TPSA) is 61.2 Å². The smallest absolute Gasteiger partial charge is 0.306 e. The predicted octanol–water partition coefficient (Wildman–Crippen LogP) is 1.99. The summed E-state index contributed by atoms with van der Waals surface area (Å²) >= 11 is 0. The Morgan fingerprint density at radius 2 is 2.16 bits per heavy atom. The van der Waals surface area contributed by atoms with Gasteiger partial charge < -0.3 is 4.74 Å². The highest BCUT2D eigenvalue weighted by Gasteiger charge is 2.14. The first kappa shape index (κ1) is 13.5. The maximum atomic E-state index is 12.7. The second kappa shape index (κ2) is 5.00. The molecule has 0 aliphatic rings. The summed E-state index contributed by atoms with van der Waals surface area (Å²) in [5, 5.41) is 4.17. The number of hydrogen-bond acceptors (Lipinski definition) is 4. The molecule has 0 saturated heterocycles. The summed E-state index contributed by atoms with van der Waals surface area (Å²) in [7, 11) is -3.01. The lowest BCUT2D eigenvalue weighted by molar-refractivity contribution is 0.414. The van der Waals surface area contributed by atoms with Gasteiger partial charge in [0.2, 0.25) is 0 Å². The van der Waals surface area contributed by atoms with Crippen LogP contribution >= 0.6 is 0 Å². The first-order chi connectivity index (χ1) is 8.89. The molecule has 0 unspecified atom stereocenters. The van der Waals surface area contributed by atoms with Crippen molar-refractivity contribution in [1.82, 2.24) is 9.78 Å². The number of hydrogen-bond donors (Lipinski definition) is 0. The number of benzene rings is 1. The largest absolute Gasteiger partial charge is 0.497 e. The molecular weight excluding hydrogens is 271 g/mol. The van der Waals surface area contributed by atoms with E-state index in [0.717, 1.165) is 0 Å². The van der Waals surface area contributed by atoms with Crippen molar-refractivity contribution in [2.24, 2.45) is 0 Å². The SMILES string of the molecule is COc1cccc(-n2cc(CS(=O)(=O)F)c(C)n2)c1. The van der Waals surface area contributed by atoms with Gasteiger partial charge >= 0.3 is 10.2 Å². The lowest BCUT2D eigenvalue weighted by atomic mass is 10.3. The number of aryl methyl sites for hydroxylation is 1. The molecule has 1 aromatic heterocycles. The maximum absolute atomic E-state index is 12.7. The van der Waals surface area contributed by atoms with Gasteiger partial charge in [0.1, 0.15) is 11.5 Å². The van der Waals surface area contributed by atoms with Gasteiger partial charge in [-0.2, -0.15) is 13.5 Å². The molecule has 7 heteroatoms. The zero-order valence-electron chi connectivity index (χ0n) is 10.5. The Balaban J connectivity index is 2.38. The molecule has 0 bridgehead atoms. The van der Waals surface area contributed by atoms with Crippen molar-refractivity contribution in [3.63, 3.8) is 0 Å². The van der Waals surface area contributed by atoms with E-state index in [4.69, 9.17) is 4.74 Å². The number of ether oxygens (including phenoxy) is 1. The van der Waals surface area contributed by atoms with Crippen LogP contribution in [0.5, 0.6) is 5.75 Å². The first-order valence-electron chi connectivity index (χ1n) is 5.51. The van der Waals surface area contributed by atoms with Crippen LogP contribution in [0.25, 0.3) is 5.69 Å². The third kappa shape index (κ3) is 3.31. The Kier molecular flexibility index (Phi) is 3.57. The van der Waals surface area contributed by atoms with E-state index in [1.165, 1.54) is 10.9 Å². The molecule has 2 rings (SSSR count). The Bertz CT molecular complexity index is 695. The van der Waals surface area contributed by atoms with Crippen LogP contribution in [0, 0.1) is 6.92 Å². The quantitative estimate of drug-likeness (QED) is 0.806. The van der Waals surface area contributed by atoms with E-state index in [1.807, 2.05) is 0 Å². The minimum Gasteiger partial charge on any atom is -0.497 e. The van der Waals surface area contributed by atoms with Crippen LogP contribution in [0.1, 0.15) is 11.3 Å². The number of methoxy groups -OCH3 is 1. The molecule has 0 amide bonds. The lowest BCUT2D eigenvalue weighted by Crippen LogP contribution is -1.96. The highest BCUT2D eigenvalue weighted by Crippen LogP contribution is 2.19. The second-order valence-electron chi connectivity index (χ2n) is 4.07. The van der Waals surface area contributed by atoms with Crippen molar-refractivity contribution in [1.29, 1.82) is 0 Å². The second-order valence-corrected chi connectivity index (χ2v) is 5.44. The Hall–Kier alpha value is -1.89. The van der Waals surface area contributed by atoms with Crippen molar-refractivity contribution >= 4 is 10.2 Å². The van der Waals surface area contributed by atoms with Crippen LogP contribution in [0.4, 0.5) is 3.89 Å². The highest BCUT2D eigenvalue weighted by molar-refractivity contribution is 7.85. The van der Waals surface area contributed by atoms with Gasteiger partial charge in [-0.3, -0.25) is 0 Å². The van der Waals surface area contributed by atoms with E-state index < -0.39 is 16.0 Å². The average molecular weight is 284 g/mol. The van der Waals surface area contributed by atoms with Crippen LogP contribution in [-0.2, 0) is 16.0 Å². The number of halogens is 1. The fraction of sp³-hybridized carbons (Fsp3) is 0.250. The minimum atomic E-state index is -4.56. The van der Waals surface area contributed by atoms with Gasteiger partial charge in [-0.25, -0.2) is 4.68 Å². The molecule has 0 atom stereocenters. The molecule has 0 radical (unpaired) electrons. The summed E-state index contributed by atoms with van der Waals surface area (Å²) in [6.07, 6.45) is 1.50. The van der Waals surface area contributed by atoms with E-state index in [-0.39, 0.29) is 0 Å².